The molecule has 6 heteroatoms. The third kappa shape index (κ3) is 7.52. The monoisotopic (exact) mass is 476 g/mol. The summed E-state index contributed by atoms with van der Waals surface area (Å²) in [6.45, 7) is 8.22. The van der Waals surface area contributed by atoms with E-state index in [-0.39, 0.29) is 23.6 Å². The molecule has 0 aliphatic heterocycles. The van der Waals surface area contributed by atoms with Gasteiger partial charge in [-0.05, 0) is 57.0 Å². The smallest absolute Gasteiger partial charge is 0.242 e. The van der Waals surface area contributed by atoms with Gasteiger partial charge in [-0.3, -0.25) is 9.59 Å². The van der Waals surface area contributed by atoms with Crippen LogP contribution in [-0.2, 0) is 16.1 Å². The predicted molar refractivity (Wildman–Crippen MR) is 124 cm³/mol. The predicted octanol–water partition coefficient (Wildman–Crippen LogP) is 5.18. The topological polar surface area (TPSA) is 49.4 Å². The minimum absolute atomic E-state index is 0.0534. The highest BCUT2D eigenvalue weighted by Crippen LogP contribution is 2.21. The molecular formula is C23H29BrN2O2S. The molecule has 0 aliphatic carbocycles. The van der Waals surface area contributed by atoms with Crippen molar-refractivity contribution in [3.8, 4) is 0 Å². The third-order valence-electron chi connectivity index (χ3n) is 4.79. The second kappa shape index (κ2) is 11.4. The molecule has 0 fully saturated rings. The first kappa shape index (κ1) is 23.5. The first-order chi connectivity index (χ1) is 13.8. The molecule has 0 heterocycles. The van der Waals surface area contributed by atoms with Gasteiger partial charge in [0.2, 0.25) is 11.8 Å². The van der Waals surface area contributed by atoms with Gasteiger partial charge in [0.25, 0.3) is 0 Å². The van der Waals surface area contributed by atoms with Crippen LogP contribution in [0.5, 0.6) is 0 Å². The van der Waals surface area contributed by atoms with Crippen molar-refractivity contribution in [2.75, 3.05) is 5.75 Å². The Bertz CT molecular complexity index is 826. The lowest BCUT2D eigenvalue weighted by molar-refractivity contribution is -0.138. The minimum atomic E-state index is -0.547. The molecule has 1 N–H and O–H groups in total. The molecule has 0 aromatic heterocycles. The van der Waals surface area contributed by atoms with Gasteiger partial charge in [-0.1, -0.05) is 52.7 Å². The SMILES string of the molecule is CCC(C)NC(=O)C(C)N(Cc1cccc(Br)c1)C(=O)CSc1ccc(C)cc1. The molecule has 0 saturated carbocycles. The largest absolute Gasteiger partial charge is 0.352 e. The summed E-state index contributed by atoms with van der Waals surface area (Å²) in [7, 11) is 0. The first-order valence-corrected chi connectivity index (χ1v) is 11.6. The Morgan fingerprint density at radius 1 is 1.14 bits per heavy atom. The van der Waals surface area contributed by atoms with Gasteiger partial charge < -0.3 is 10.2 Å². The molecule has 2 amide bonds. The van der Waals surface area contributed by atoms with E-state index >= 15 is 0 Å². The number of nitrogens with one attached hydrogen (secondary N) is 1. The van der Waals surface area contributed by atoms with E-state index in [4.69, 9.17) is 0 Å². The summed E-state index contributed by atoms with van der Waals surface area (Å²) in [5.74, 6) is 0.114. The van der Waals surface area contributed by atoms with Crippen LogP contribution < -0.4 is 5.32 Å². The second-order valence-electron chi connectivity index (χ2n) is 7.25. The van der Waals surface area contributed by atoms with Crippen LogP contribution in [0.3, 0.4) is 0 Å². The van der Waals surface area contributed by atoms with E-state index < -0.39 is 6.04 Å². The minimum Gasteiger partial charge on any atom is -0.352 e. The van der Waals surface area contributed by atoms with Crippen LogP contribution in [0.4, 0.5) is 0 Å². The molecule has 0 bridgehead atoms. The highest BCUT2D eigenvalue weighted by molar-refractivity contribution is 9.10. The van der Waals surface area contributed by atoms with Gasteiger partial charge in [-0.25, -0.2) is 0 Å². The van der Waals surface area contributed by atoms with Crippen molar-refractivity contribution in [2.24, 2.45) is 0 Å². The van der Waals surface area contributed by atoms with E-state index in [1.807, 2.05) is 69.3 Å². The van der Waals surface area contributed by atoms with E-state index in [0.29, 0.717) is 6.54 Å². The Kier molecular flexibility index (Phi) is 9.24. The van der Waals surface area contributed by atoms with Crippen LogP contribution in [0.15, 0.2) is 57.9 Å². The summed E-state index contributed by atoms with van der Waals surface area (Å²) >= 11 is 4.97. The Balaban J connectivity index is 2.14. The van der Waals surface area contributed by atoms with Gasteiger partial charge in [-0.15, -0.1) is 11.8 Å². The number of hydrogen-bond acceptors (Lipinski definition) is 3. The van der Waals surface area contributed by atoms with Crippen LogP contribution in [-0.4, -0.2) is 34.6 Å². The molecule has 2 aromatic rings. The molecule has 2 rings (SSSR count). The molecule has 2 atom stereocenters. The molecule has 4 nitrogen and oxygen atoms in total. The first-order valence-electron chi connectivity index (χ1n) is 9.84. The van der Waals surface area contributed by atoms with Crippen LogP contribution >= 0.6 is 27.7 Å². The number of halogens is 1. The number of hydrogen-bond donors (Lipinski definition) is 1. The standard InChI is InChI=1S/C23H29BrN2O2S/c1-5-17(3)25-23(28)18(4)26(14-19-7-6-8-20(24)13-19)22(27)15-29-21-11-9-16(2)10-12-21/h6-13,17-18H,5,14-15H2,1-4H3,(H,25,28). The molecule has 0 radical (unpaired) electrons. The van der Waals surface area contributed by atoms with Gasteiger partial charge in [-0.2, -0.15) is 0 Å². The number of rotatable bonds is 9. The molecule has 0 spiro atoms. The van der Waals surface area contributed by atoms with Crippen molar-refractivity contribution in [1.29, 1.82) is 0 Å². The zero-order valence-electron chi connectivity index (χ0n) is 17.4. The van der Waals surface area contributed by atoms with Crippen LogP contribution in [0, 0.1) is 6.92 Å². The third-order valence-corrected chi connectivity index (χ3v) is 6.28. The van der Waals surface area contributed by atoms with Crippen molar-refractivity contribution in [1.82, 2.24) is 10.2 Å². The van der Waals surface area contributed by atoms with Crippen molar-refractivity contribution in [3.63, 3.8) is 0 Å². The number of thioether (sulfide) groups is 1. The number of carbonyl (C=O) groups is 2. The van der Waals surface area contributed by atoms with Crippen LogP contribution in [0.25, 0.3) is 0 Å². The van der Waals surface area contributed by atoms with Crippen LogP contribution in [0.1, 0.15) is 38.3 Å². The number of aryl methyl sites for hydroxylation is 1. The molecular weight excluding hydrogens is 448 g/mol. The summed E-state index contributed by atoms with van der Waals surface area (Å²) in [6, 6.07) is 15.5. The molecule has 0 aliphatic rings. The molecule has 2 unspecified atom stereocenters. The lowest BCUT2D eigenvalue weighted by Crippen LogP contribution is -2.50. The van der Waals surface area contributed by atoms with Gasteiger partial charge >= 0.3 is 0 Å². The molecule has 0 saturated heterocycles. The summed E-state index contributed by atoms with van der Waals surface area (Å²) in [5, 5.41) is 2.99. The van der Waals surface area contributed by atoms with Gasteiger partial charge in [0.15, 0.2) is 0 Å². The number of carbonyl (C=O) groups excluding carboxylic acids is 2. The Morgan fingerprint density at radius 2 is 1.83 bits per heavy atom. The number of nitrogens with zero attached hydrogens (tertiary/aromatic N) is 1. The highest BCUT2D eigenvalue weighted by Gasteiger charge is 2.26. The van der Waals surface area contributed by atoms with E-state index in [2.05, 4.69) is 21.2 Å². The van der Waals surface area contributed by atoms with Crippen molar-refractivity contribution in [2.45, 2.75) is 57.6 Å². The van der Waals surface area contributed by atoms with Crippen molar-refractivity contribution in [3.05, 3.63) is 64.1 Å². The molecule has 29 heavy (non-hydrogen) atoms. The Morgan fingerprint density at radius 3 is 2.45 bits per heavy atom. The lowest BCUT2D eigenvalue weighted by Gasteiger charge is -2.29. The quantitative estimate of drug-likeness (QED) is 0.507. The maximum atomic E-state index is 13.1. The Hall–Kier alpha value is -1.79. The fraction of sp³-hybridized carbons (Fsp3) is 0.391. The van der Waals surface area contributed by atoms with Gasteiger partial charge in [0.05, 0.1) is 5.75 Å². The lowest BCUT2D eigenvalue weighted by atomic mass is 10.1. The highest BCUT2D eigenvalue weighted by atomic mass is 79.9. The zero-order valence-corrected chi connectivity index (χ0v) is 19.8. The van der Waals surface area contributed by atoms with Gasteiger partial charge in [0.1, 0.15) is 6.04 Å². The van der Waals surface area contributed by atoms with Crippen LogP contribution in [0.2, 0.25) is 0 Å². The van der Waals surface area contributed by atoms with Gasteiger partial charge in [0, 0.05) is 22.0 Å². The van der Waals surface area contributed by atoms with E-state index in [0.717, 1.165) is 21.4 Å². The summed E-state index contributed by atoms with van der Waals surface area (Å²) in [5.41, 5.74) is 2.17. The maximum absolute atomic E-state index is 13.1. The van der Waals surface area contributed by atoms with Crippen molar-refractivity contribution < 1.29 is 9.59 Å². The fourth-order valence-electron chi connectivity index (χ4n) is 2.74. The van der Waals surface area contributed by atoms with E-state index in [1.54, 1.807) is 11.8 Å². The summed E-state index contributed by atoms with van der Waals surface area (Å²) < 4.78 is 0.952. The average molecular weight is 477 g/mol. The normalized spacial score (nSPS) is 12.9. The molecule has 156 valence electrons. The van der Waals surface area contributed by atoms with Crippen molar-refractivity contribution >= 4 is 39.5 Å². The number of benzene rings is 2. The summed E-state index contributed by atoms with van der Waals surface area (Å²) in [4.78, 5) is 28.5. The molecule has 2 aromatic carbocycles. The number of amides is 2. The van der Waals surface area contributed by atoms with E-state index in [9.17, 15) is 9.59 Å². The van der Waals surface area contributed by atoms with E-state index in [1.165, 1.54) is 17.3 Å². The zero-order chi connectivity index (χ0) is 21.4. The second-order valence-corrected chi connectivity index (χ2v) is 9.21. The average Bonchev–Trinajstić information content (AvgIpc) is 2.70. The Labute approximate surface area is 186 Å². The summed E-state index contributed by atoms with van der Waals surface area (Å²) in [6.07, 6.45) is 0.849. The maximum Gasteiger partial charge on any atom is 0.242 e. The fourth-order valence-corrected chi connectivity index (χ4v) is 3.97.